The molecule has 0 aliphatic heterocycles. The molecule has 0 heterocycles. The van der Waals surface area contributed by atoms with Gasteiger partial charge in [-0.2, -0.15) is 0 Å². The van der Waals surface area contributed by atoms with E-state index in [4.69, 9.17) is 14.6 Å². The fourth-order valence-corrected chi connectivity index (χ4v) is 2.71. The average Bonchev–Trinajstić information content (AvgIpc) is 2.65. The largest absolute Gasteiger partial charge is 0.493 e. The molecular weight excluding hydrogens is 318 g/mol. The Morgan fingerprint density at radius 2 is 1.84 bits per heavy atom. The molecule has 0 aliphatic carbocycles. The zero-order chi connectivity index (χ0) is 18.2. The van der Waals surface area contributed by atoms with Gasteiger partial charge in [0.25, 0.3) is 5.91 Å². The molecule has 2 aromatic carbocycles. The lowest BCUT2D eigenvalue weighted by atomic mass is 10.0. The zero-order valence-corrected chi connectivity index (χ0v) is 14.9. The quantitative estimate of drug-likeness (QED) is 0.773. The van der Waals surface area contributed by atoms with Gasteiger partial charge in [0.2, 0.25) is 0 Å². The van der Waals surface area contributed by atoms with Crippen LogP contribution in [0.2, 0.25) is 0 Å². The minimum atomic E-state index is -0.182. The van der Waals surface area contributed by atoms with Gasteiger partial charge in [-0.3, -0.25) is 4.79 Å². The first-order valence-corrected chi connectivity index (χ1v) is 8.32. The van der Waals surface area contributed by atoms with Crippen molar-refractivity contribution in [1.82, 2.24) is 5.32 Å². The van der Waals surface area contributed by atoms with E-state index < -0.39 is 0 Å². The molecule has 134 valence electrons. The van der Waals surface area contributed by atoms with Gasteiger partial charge in [-0.15, -0.1) is 0 Å². The fraction of sp³-hybridized carbons (Fsp3) is 0.350. The highest BCUT2D eigenvalue weighted by atomic mass is 16.5. The van der Waals surface area contributed by atoms with Crippen LogP contribution in [0.3, 0.4) is 0 Å². The maximum atomic E-state index is 12.7. The number of amides is 1. The zero-order valence-electron chi connectivity index (χ0n) is 14.9. The van der Waals surface area contributed by atoms with E-state index in [-0.39, 0.29) is 18.6 Å². The van der Waals surface area contributed by atoms with Gasteiger partial charge in [0.1, 0.15) is 0 Å². The van der Waals surface area contributed by atoms with Gasteiger partial charge in [0.05, 0.1) is 20.3 Å². The van der Waals surface area contributed by atoms with Crippen molar-refractivity contribution in [3.8, 4) is 11.5 Å². The normalized spacial score (nSPS) is 11.7. The maximum absolute atomic E-state index is 12.7. The molecule has 5 heteroatoms. The summed E-state index contributed by atoms with van der Waals surface area (Å²) in [6, 6.07) is 12.9. The van der Waals surface area contributed by atoms with E-state index in [9.17, 15) is 4.79 Å². The molecule has 0 bridgehead atoms. The molecular formula is C20H25NO4. The summed E-state index contributed by atoms with van der Waals surface area (Å²) >= 11 is 0. The van der Waals surface area contributed by atoms with Crippen LogP contribution in [0, 0.1) is 0 Å². The molecule has 2 N–H and O–H groups in total. The van der Waals surface area contributed by atoms with Crippen LogP contribution in [-0.4, -0.2) is 31.8 Å². The first-order chi connectivity index (χ1) is 12.1. The van der Waals surface area contributed by atoms with Gasteiger partial charge in [-0.05, 0) is 49.1 Å². The standard InChI is InChI=1S/C20H25NO4/c1-14(16-10-11-18(24-2)19(13-16)25-3)21-20(23)17-9-5-4-7-15(17)8-6-12-22/h4-5,7,9-11,13-14,22H,6,8,12H2,1-3H3,(H,21,23)/t14-/m1/s1. The predicted molar refractivity (Wildman–Crippen MR) is 97.3 cm³/mol. The summed E-state index contributed by atoms with van der Waals surface area (Å²) in [5, 5.41) is 12.0. The molecule has 2 rings (SSSR count). The monoisotopic (exact) mass is 343 g/mol. The average molecular weight is 343 g/mol. The predicted octanol–water partition coefficient (Wildman–Crippen LogP) is 3.12. The van der Waals surface area contributed by atoms with Crippen molar-refractivity contribution in [2.75, 3.05) is 20.8 Å². The lowest BCUT2D eigenvalue weighted by molar-refractivity contribution is 0.0938. The Morgan fingerprint density at radius 3 is 2.52 bits per heavy atom. The topological polar surface area (TPSA) is 67.8 Å². The Hall–Kier alpha value is -2.53. The minimum absolute atomic E-state index is 0.109. The molecule has 1 atom stereocenters. The number of ether oxygens (including phenoxy) is 2. The highest BCUT2D eigenvalue weighted by Gasteiger charge is 2.16. The summed E-state index contributed by atoms with van der Waals surface area (Å²) in [5.41, 5.74) is 2.51. The van der Waals surface area contributed by atoms with Crippen LogP contribution >= 0.6 is 0 Å². The Kier molecular flexibility index (Phi) is 6.83. The Morgan fingerprint density at radius 1 is 1.12 bits per heavy atom. The smallest absolute Gasteiger partial charge is 0.252 e. The number of hydrogen-bond donors (Lipinski definition) is 2. The minimum Gasteiger partial charge on any atom is -0.493 e. The third kappa shape index (κ3) is 4.73. The van der Waals surface area contributed by atoms with Crippen LogP contribution in [0.25, 0.3) is 0 Å². The lowest BCUT2D eigenvalue weighted by Crippen LogP contribution is -2.27. The molecule has 0 saturated carbocycles. The van der Waals surface area contributed by atoms with Gasteiger partial charge in [0, 0.05) is 12.2 Å². The Balaban J connectivity index is 2.15. The molecule has 2 aromatic rings. The van der Waals surface area contributed by atoms with E-state index in [1.807, 2.05) is 49.4 Å². The summed E-state index contributed by atoms with van der Waals surface area (Å²) in [7, 11) is 3.17. The summed E-state index contributed by atoms with van der Waals surface area (Å²) in [6.07, 6.45) is 1.31. The number of methoxy groups -OCH3 is 2. The van der Waals surface area contributed by atoms with Crippen LogP contribution in [-0.2, 0) is 6.42 Å². The van der Waals surface area contributed by atoms with Crippen molar-refractivity contribution in [2.45, 2.75) is 25.8 Å². The SMILES string of the molecule is COc1ccc([C@@H](C)NC(=O)c2ccccc2CCCO)cc1OC. The molecule has 0 radical (unpaired) electrons. The molecule has 0 fully saturated rings. The molecule has 5 nitrogen and oxygen atoms in total. The number of aliphatic hydroxyl groups excluding tert-OH is 1. The van der Waals surface area contributed by atoms with Crippen LogP contribution in [0.5, 0.6) is 11.5 Å². The van der Waals surface area contributed by atoms with Crippen molar-refractivity contribution >= 4 is 5.91 Å². The second kappa shape index (κ2) is 9.08. The number of carbonyl (C=O) groups is 1. The first kappa shape index (κ1) is 18.8. The summed E-state index contributed by atoms with van der Waals surface area (Å²) < 4.78 is 10.6. The highest BCUT2D eigenvalue weighted by molar-refractivity contribution is 5.95. The van der Waals surface area contributed by atoms with Crippen molar-refractivity contribution in [2.24, 2.45) is 0 Å². The van der Waals surface area contributed by atoms with Crippen molar-refractivity contribution in [1.29, 1.82) is 0 Å². The highest BCUT2D eigenvalue weighted by Crippen LogP contribution is 2.30. The number of carbonyl (C=O) groups excluding carboxylic acids is 1. The third-order valence-corrected chi connectivity index (χ3v) is 4.12. The van der Waals surface area contributed by atoms with Gasteiger partial charge in [-0.25, -0.2) is 0 Å². The van der Waals surface area contributed by atoms with Gasteiger partial charge in [0.15, 0.2) is 11.5 Å². The maximum Gasteiger partial charge on any atom is 0.252 e. The summed E-state index contributed by atoms with van der Waals surface area (Å²) in [6.45, 7) is 2.04. The third-order valence-electron chi connectivity index (χ3n) is 4.12. The summed E-state index contributed by atoms with van der Waals surface area (Å²) in [5.74, 6) is 1.15. The second-order valence-corrected chi connectivity index (χ2v) is 5.79. The van der Waals surface area contributed by atoms with Crippen LogP contribution in [0.1, 0.15) is 40.9 Å². The molecule has 0 unspecified atom stereocenters. The molecule has 0 saturated heterocycles. The van der Waals surface area contributed by atoms with E-state index in [1.165, 1.54) is 0 Å². The van der Waals surface area contributed by atoms with Crippen LogP contribution < -0.4 is 14.8 Å². The van der Waals surface area contributed by atoms with E-state index in [0.29, 0.717) is 29.9 Å². The Labute approximate surface area is 148 Å². The molecule has 0 spiro atoms. The lowest BCUT2D eigenvalue weighted by Gasteiger charge is -2.17. The number of aryl methyl sites for hydroxylation is 1. The summed E-state index contributed by atoms with van der Waals surface area (Å²) in [4.78, 5) is 12.7. The number of rotatable bonds is 8. The molecule has 1 amide bonds. The van der Waals surface area contributed by atoms with Crippen molar-refractivity contribution < 1.29 is 19.4 Å². The van der Waals surface area contributed by atoms with Crippen LogP contribution in [0.15, 0.2) is 42.5 Å². The molecule has 25 heavy (non-hydrogen) atoms. The number of hydrogen-bond acceptors (Lipinski definition) is 4. The molecule has 0 aromatic heterocycles. The van der Waals surface area contributed by atoms with E-state index >= 15 is 0 Å². The Bertz CT molecular complexity index is 715. The van der Waals surface area contributed by atoms with Gasteiger partial charge in [-0.1, -0.05) is 24.3 Å². The number of benzene rings is 2. The first-order valence-electron chi connectivity index (χ1n) is 8.32. The number of nitrogens with one attached hydrogen (secondary N) is 1. The fourth-order valence-electron chi connectivity index (χ4n) is 2.71. The van der Waals surface area contributed by atoms with Crippen molar-refractivity contribution in [3.63, 3.8) is 0 Å². The van der Waals surface area contributed by atoms with Crippen molar-refractivity contribution in [3.05, 3.63) is 59.2 Å². The van der Waals surface area contributed by atoms with E-state index in [0.717, 1.165) is 11.1 Å². The second-order valence-electron chi connectivity index (χ2n) is 5.79. The van der Waals surface area contributed by atoms with E-state index in [1.54, 1.807) is 14.2 Å². The number of aliphatic hydroxyl groups is 1. The van der Waals surface area contributed by atoms with E-state index in [2.05, 4.69) is 5.32 Å². The van der Waals surface area contributed by atoms with Gasteiger partial charge >= 0.3 is 0 Å². The van der Waals surface area contributed by atoms with Gasteiger partial charge < -0.3 is 19.9 Å². The van der Waals surface area contributed by atoms with Crippen LogP contribution in [0.4, 0.5) is 0 Å². The molecule has 0 aliphatic rings.